The van der Waals surface area contributed by atoms with Gasteiger partial charge in [0.2, 0.25) is 5.91 Å². The second kappa shape index (κ2) is 5.40. The maximum atomic E-state index is 11.9. The number of carbonyl (C=O) groups is 1. The van der Waals surface area contributed by atoms with Crippen LogP contribution in [0.4, 0.5) is 5.69 Å². The fourth-order valence-corrected chi connectivity index (χ4v) is 2.48. The lowest BCUT2D eigenvalue weighted by molar-refractivity contribution is -0.122. The van der Waals surface area contributed by atoms with Gasteiger partial charge in [-0.15, -0.1) is 0 Å². The largest absolute Gasteiger partial charge is 0.394 e. The van der Waals surface area contributed by atoms with Gasteiger partial charge in [-0.3, -0.25) is 4.79 Å². The van der Waals surface area contributed by atoms with Crippen LogP contribution in [0.25, 0.3) is 0 Å². The van der Waals surface area contributed by atoms with E-state index in [4.69, 9.17) is 0 Å². The van der Waals surface area contributed by atoms with E-state index in [0.717, 1.165) is 18.7 Å². The molecule has 1 amide bonds. The third-order valence-electron chi connectivity index (χ3n) is 3.26. The molecule has 0 aromatic heterocycles. The van der Waals surface area contributed by atoms with Gasteiger partial charge in [-0.05, 0) is 43.5 Å². The molecule has 1 fully saturated rings. The standard InChI is InChI=1S/C14H20N2O2/c1-10-6-11(2)8-12(7-10)16-5-3-4-15-14(18)13(16)9-17/h6-8,13,17H,3-5,9H2,1-2H3,(H,15,18). The maximum Gasteiger partial charge on any atom is 0.245 e. The number of amides is 1. The second-order valence-corrected chi connectivity index (χ2v) is 4.88. The van der Waals surface area contributed by atoms with E-state index < -0.39 is 6.04 Å². The molecule has 2 rings (SSSR count). The SMILES string of the molecule is Cc1cc(C)cc(N2CCCNC(=O)C2CO)c1. The molecule has 18 heavy (non-hydrogen) atoms. The van der Waals surface area contributed by atoms with Crippen molar-refractivity contribution in [1.29, 1.82) is 0 Å². The van der Waals surface area contributed by atoms with Gasteiger partial charge in [-0.1, -0.05) is 6.07 Å². The number of rotatable bonds is 2. The number of aliphatic hydroxyl groups is 1. The Morgan fingerprint density at radius 2 is 2.00 bits per heavy atom. The number of aryl methyl sites for hydroxylation is 2. The van der Waals surface area contributed by atoms with E-state index in [1.165, 1.54) is 11.1 Å². The molecule has 1 aliphatic heterocycles. The zero-order chi connectivity index (χ0) is 13.1. The van der Waals surface area contributed by atoms with Gasteiger partial charge in [0, 0.05) is 18.8 Å². The Morgan fingerprint density at radius 1 is 1.33 bits per heavy atom. The van der Waals surface area contributed by atoms with E-state index in [-0.39, 0.29) is 12.5 Å². The van der Waals surface area contributed by atoms with E-state index >= 15 is 0 Å². The topological polar surface area (TPSA) is 52.6 Å². The quantitative estimate of drug-likeness (QED) is 0.820. The first-order valence-corrected chi connectivity index (χ1v) is 6.35. The predicted molar refractivity (Wildman–Crippen MR) is 71.8 cm³/mol. The summed E-state index contributed by atoms with van der Waals surface area (Å²) in [5.41, 5.74) is 3.36. The molecule has 1 heterocycles. The third kappa shape index (κ3) is 2.64. The van der Waals surface area contributed by atoms with E-state index in [1.54, 1.807) is 0 Å². The summed E-state index contributed by atoms with van der Waals surface area (Å²) in [6.45, 7) is 5.40. The van der Waals surface area contributed by atoms with Crippen molar-refractivity contribution in [3.8, 4) is 0 Å². The molecule has 1 unspecified atom stereocenters. The Balaban J connectivity index is 2.35. The van der Waals surface area contributed by atoms with Gasteiger partial charge in [0.1, 0.15) is 6.04 Å². The van der Waals surface area contributed by atoms with E-state index in [0.29, 0.717) is 6.54 Å². The summed E-state index contributed by atoms with van der Waals surface area (Å²) in [4.78, 5) is 13.9. The van der Waals surface area contributed by atoms with E-state index in [1.807, 2.05) is 18.7 Å². The highest BCUT2D eigenvalue weighted by molar-refractivity contribution is 5.86. The Kier molecular flexibility index (Phi) is 3.87. The Hall–Kier alpha value is -1.55. The van der Waals surface area contributed by atoms with Gasteiger partial charge in [0.15, 0.2) is 0 Å². The van der Waals surface area contributed by atoms with Gasteiger partial charge in [0.25, 0.3) is 0 Å². The molecule has 1 aliphatic rings. The van der Waals surface area contributed by atoms with Crippen LogP contribution in [0.15, 0.2) is 18.2 Å². The smallest absolute Gasteiger partial charge is 0.245 e. The molecule has 1 saturated heterocycles. The Morgan fingerprint density at radius 3 is 2.61 bits per heavy atom. The van der Waals surface area contributed by atoms with Crippen LogP contribution in [0.2, 0.25) is 0 Å². The number of carbonyl (C=O) groups excluding carboxylic acids is 1. The predicted octanol–water partition coefficient (Wildman–Crippen LogP) is 0.991. The Labute approximate surface area is 108 Å². The van der Waals surface area contributed by atoms with Crippen LogP contribution < -0.4 is 10.2 Å². The number of hydrogen-bond acceptors (Lipinski definition) is 3. The first kappa shape index (κ1) is 12.9. The molecular weight excluding hydrogens is 228 g/mol. The lowest BCUT2D eigenvalue weighted by atomic mass is 10.1. The lowest BCUT2D eigenvalue weighted by Crippen LogP contribution is -2.46. The number of aliphatic hydroxyl groups excluding tert-OH is 1. The van der Waals surface area contributed by atoms with Gasteiger partial charge < -0.3 is 15.3 Å². The fraction of sp³-hybridized carbons (Fsp3) is 0.500. The molecule has 0 aliphatic carbocycles. The molecule has 0 spiro atoms. The molecule has 1 aromatic carbocycles. The number of anilines is 1. The highest BCUT2D eigenvalue weighted by atomic mass is 16.3. The molecule has 4 heteroatoms. The molecule has 1 aromatic rings. The molecule has 0 saturated carbocycles. The van der Waals surface area contributed by atoms with Gasteiger partial charge in [-0.2, -0.15) is 0 Å². The van der Waals surface area contributed by atoms with Crippen molar-refractivity contribution in [2.75, 3.05) is 24.6 Å². The first-order valence-electron chi connectivity index (χ1n) is 6.35. The van der Waals surface area contributed by atoms with Gasteiger partial charge in [-0.25, -0.2) is 0 Å². The lowest BCUT2D eigenvalue weighted by Gasteiger charge is -2.29. The number of nitrogens with one attached hydrogen (secondary N) is 1. The number of benzene rings is 1. The molecule has 2 N–H and O–H groups in total. The van der Waals surface area contributed by atoms with Crippen LogP contribution in [0.5, 0.6) is 0 Å². The zero-order valence-electron chi connectivity index (χ0n) is 10.9. The van der Waals surface area contributed by atoms with Crippen molar-refractivity contribution in [2.24, 2.45) is 0 Å². The minimum Gasteiger partial charge on any atom is -0.394 e. The summed E-state index contributed by atoms with van der Waals surface area (Å²) in [5, 5.41) is 12.3. The third-order valence-corrected chi connectivity index (χ3v) is 3.26. The minimum absolute atomic E-state index is 0.0887. The van der Waals surface area contributed by atoms with Crippen molar-refractivity contribution < 1.29 is 9.90 Å². The first-order chi connectivity index (χ1) is 8.61. The van der Waals surface area contributed by atoms with Gasteiger partial charge in [0.05, 0.1) is 6.61 Å². The van der Waals surface area contributed by atoms with Crippen LogP contribution in [0.1, 0.15) is 17.5 Å². The van der Waals surface area contributed by atoms with E-state index in [9.17, 15) is 9.90 Å². The van der Waals surface area contributed by atoms with Crippen molar-refractivity contribution in [2.45, 2.75) is 26.3 Å². The molecular formula is C14H20N2O2. The maximum absolute atomic E-state index is 11.9. The molecule has 4 nitrogen and oxygen atoms in total. The Bertz CT molecular complexity index is 425. The van der Waals surface area contributed by atoms with Crippen LogP contribution in [-0.4, -0.2) is 36.8 Å². The molecule has 98 valence electrons. The summed E-state index contributed by atoms with van der Waals surface area (Å²) in [6.07, 6.45) is 0.898. The molecule has 1 atom stereocenters. The van der Waals surface area contributed by atoms with Crippen LogP contribution in [-0.2, 0) is 4.79 Å². The number of hydrogen-bond donors (Lipinski definition) is 2. The summed E-state index contributed by atoms with van der Waals surface area (Å²) in [7, 11) is 0. The van der Waals surface area contributed by atoms with Crippen LogP contribution >= 0.6 is 0 Å². The van der Waals surface area contributed by atoms with Crippen molar-refractivity contribution >= 4 is 11.6 Å². The van der Waals surface area contributed by atoms with Gasteiger partial charge >= 0.3 is 0 Å². The normalized spacial score (nSPS) is 20.5. The van der Waals surface area contributed by atoms with Crippen LogP contribution in [0, 0.1) is 13.8 Å². The molecule has 0 bridgehead atoms. The summed E-state index contributed by atoms with van der Waals surface area (Å²) < 4.78 is 0. The fourth-order valence-electron chi connectivity index (χ4n) is 2.48. The minimum atomic E-state index is -0.478. The van der Waals surface area contributed by atoms with Crippen molar-refractivity contribution in [3.05, 3.63) is 29.3 Å². The van der Waals surface area contributed by atoms with E-state index in [2.05, 4.69) is 23.5 Å². The summed E-state index contributed by atoms with van der Waals surface area (Å²) in [6, 6.07) is 5.76. The number of nitrogens with zero attached hydrogens (tertiary/aromatic N) is 1. The summed E-state index contributed by atoms with van der Waals surface area (Å²) >= 11 is 0. The average molecular weight is 248 g/mol. The zero-order valence-corrected chi connectivity index (χ0v) is 10.9. The monoisotopic (exact) mass is 248 g/mol. The average Bonchev–Trinajstić information content (AvgIpc) is 2.49. The summed E-state index contributed by atoms with van der Waals surface area (Å²) in [5.74, 6) is -0.0887. The highest BCUT2D eigenvalue weighted by Gasteiger charge is 2.27. The van der Waals surface area contributed by atoms with Crippen LogP contribution in [0.3, 0.4) is 0 Å². The highest BCUT2D eigenvalue weighted by Crippen LogP contribution is 2.22. The molecule has 0 radical (unpaired) electrons. The second-order valence-electron chi connectivity index (χ2n) is 4.88. The van der Waals surface area contributed by atoms with Crippen molar-refractivity contribution in [1.82, 2.24) is 5.32 Å². The van der Waals surface area contributed by atoms with Crippen molar-refractivity contribution in [3.63, 3.8) is 0 Å².